The van der Waals surface area contributed by atoms with Crippen molar-refractivity contribution in [2.24, 2.45) is 29.1 Å². The summed E-state index contributed by atoms with van der Waals surface area (Å²) in [6, 6.07) is 0. The van der Waals surface area contributed by atoms with Gasteiger partial charge in [0.15, 0.2) is 0 Å². The van der Waals surface area contributed by atoms with Crippen molar-refractivity contribution >= 4 is 0 Å². The first-order valence-corrected chi connectivity index (χ1v) is 7.42. The van der Waals surface area contributed by atoms with Gasteiger partial charge >= 0.3 is 0 Å². The highest BCUT2D eigenvalue weighted by molar-refractivity contribution is 5.43. The predicted molar refractivity (Wildman–Crippen MR) is 73.7 cm³/mol. The van der Waals surface area contributed by atoms with Crippen LogP contribution in [0.5, 0.6) is 0 Å². The van der Waals surface area contributed by atoms with Gasteiger partial charge in [-0.1, -0.05) is 58.3 Å². The first-order valence-electron chi connectivity index (χ1n) is 7.42. The number of allylic oxidation sites excluding steroid dienone is 4. The van der Waals surface area contributed by atoms with E-state index in [1.807, 2.05) is 0 Å². The van der Waals surface area contributed by atoms with Gasteiger partial charge in [0.25, 0.3) is 0 Å². The maximum absolute atomic E-state index is 2.60. The van der Waals surface area contributed by atoms with Gasteiger partial charge in [0, 0.05) is 5.92 Å². The first kappa shape index (κ1) is 11.6. The van der Waals surface area contributed by atoms with Gasteiger partial charge in [-0.15, -0.1) is 0 Å². The quantitative estimate of drug-likeness (QED) is 0.551. The van der Waals surface area contributed by atoms with Crippen LogP contribution in [0.25, 0.3) is 0 Å². The zero-order chi connectivity index (χ0) is 12.2. The van der Waals surface area contributed by atoms with E-state index in [1.165, 1.54) is 25.7 Å². The lowest BCUT2D eigenvalue weighted by Gasteiger charge is -2.29. The normalized spacial score (nSPS) is 40.7. The third-order valence-corrected chi connectivity index (χ3v) is 5.42. The van der Waals surface area contributed by atoms with E-state index in [0.29, 0.717) is 5.41 Å². The van der Waals surface area contributed by atoms with E-state index in [0.717, 1.165) is 23.7 Å². The molecule has 0 bridgehead atoms. The molecule has 0 saturated heterocycles. The fraction of sp³-hybridized carbons (Fsp3) is 0.765. The Hall–Kier alpha value is -0.520. The van der Waals surface area contributed by atoms with Crippen LogP contribution in [0.3, 0.4) is 0 Å². The highest BCUT2D eigenvalue weighted by Crippen LogP contribution is 2.56. The Kier molecular flexibility index (Phi) is 2.54. The molecule has 4 unspecified atom stereocenters. The minimum absolute atomic E-state index is 0.335. The molecule has 0 amide bonds. The molecule has 17 heavy (non-hydrogen) atoms. The molecule has 0 aromatic heterocycles. The van der Waals surface area contributed by atoms with Crippen LogP contribution in [0, 0.1) is 29.1 Å². The van der Waals surface area contributed by atoms with E-state index in [1.54, 1.807) is 11.1 Å². The molecule has 0 heteroatoms. The van der Waals surface area contributed by atoms with Crippen LogP contribution >= 0.6 is 0 Å². The molecule has 3 aliphatic rings. The summed E-state index contributed by atoms with van der Waals surface area (Å²) in [6.07, 6.45) is 11.0. The van der Waals surface area contributed by atoms with Crippen molar-refractivity contribution in [2.45, 2.75) is 53.4 Å². The monoisotopic (exact) mass is 230 g/mol. The summed E-state index contributed by atoms with van der Waals surface area (Å²) in [6.45, 7) is 9.54. The Morgan fingerprint density at radius 1 is 1.12 bits per heavy atom. The van der Waals surface area contributed by atoms with Crippen LogP contribution in [0.1, 0.15) is 53.4 Å². The van der Waals surface area contributed by atoms with Gasteiger partial charge < -0.3 is 0 Å². The Morgan fingerprint density at radius 2 is 1.82 bits per heavy atom. The SMILES string of the molecule is CC1C2C=C(C(C)(C)C)C=C2C2CCCCC21. The maximum Gasteiger partial charge on any atom is 0.00174 e. The molecule has 3 rings (SSSR count). The fourth-order valence-corrected chi connectivity index (χ4v) is 4.36. The molecule has 0 aromatic rings. The Bertz CT molecular complexity index is 377. The lowest BCUT2D eigenvalue weighted by atomic mass is 9.76. The summed E-state index contributed by atoms with van der Waals surface area (Å²) in [4.78, 5) is 0. The summed E-state index contributed by atoms with van der Waals surface area (Å²) in [5.74, 6) is 3.61. The van der Waals surface area contributed by atoms with Crippen molar-refractivity contribution in [3.8, 4) is 0 Å². The fourth-order valence-electron chi connectivity index (χ4n) is 4.36. The van der Waals surface area contributed by atoms with E-state index in [9.17, 15) is 0 Å². The lowest BCUT2D eigenvalue weighted by molar-refractivity contribution is 0.242. The number of hydrogen-bond acceptors (Lipinski definition) is 0. The van der Waals surface area contributed by atoms with Crippen molar-refractivity contribution in [1.82, 2.24) is 0 Å². The highest BCUT2D eigenvalue weighted by Gasteiger charge is 2.46. The van der Waals surface area contributed by atoms with E-state index < -0.39 is 0 Å². The van der Waals surface area contributed by atoms with Gasteiger partial charge in [0.1, 0.15) is 0 Å². The molecule has 0 aromatic carbocycles. The molecule has 0 N–H and O–H groups in total. The molecule has 0 heterocycles. The standard InChI is InChI=1S/C17H26/c1-11-13-7-5-6-8-14(13)16-10-12(9-15(11)16)17(2,3)4/h9-11,13-15H,5-8H2,1-4H3. The molecule has 0 nitrogen and oxygen atoms in total. The second-order valence-electron chi connectivity index (χ2n) is 7.46. The second-order valence-corrected chi connectivity index (χ2v) is 7.46. The Labute approximate surface area is 106 Å². The molecule has 2 saturated carbocycles. The molecule has 94 valence electrons. The molecular formula is C17H26. The van der Waals surface area contributed by atoms with Crippen molar-refractivity contribution in [2.75, 3.05) is 0 Å². The number of hydrogen-bond donors (Lipinski definition) is 0. The molecular weight excluding hydrogens is 204 g/mol. The first-order chi connectivity index (χ1) is 7.98. The van der Waals surface area contributed by atoms with Crippen LogP contribution in [0.4, 0.5) is 0 Å². The van der Waals surface area contributed by atoms with Crippen molar-refractivity contribution in [1.29, 1.82) is 0 Å². The summed E-state index contributed by atoms with van der Waals surface area (Å²) >= 11 is 0. The zero-order valence-electron chi connectivity index (χ0n) is 11.8. The second kappa shape index (κ2) is 3.73. The average molecular weight is 230 g/mol. The molecule has 0 radical (unpaired) electrons. The smallest absolute Gasteiger partial charge is 0.00174 e. The van der Waals surface area contributed by atoms with Crippen molar-refractivity contribution in [3.63, 3.8) is 0 Å². The molecule has 0 spiro atoms. The van der Waals surface area contributed by atoms with E-state index in [2.05, 4.69) is 39.8 Å². The third-order valence-electron chi connectivity index (χ3n) is 5.42. The van der Waals surface area contributed by atoms with E-state index in [-0.39, 0.29) is 0 Å². The van der Waals surface area contributed by atoms with E-state index >= 15 is 0 Å². The van der Waals surface area contributed by atoms with Crippen LogP contribution < -0.4 is 0 Å². The van der Waals surface area contributed by atoms with Crippen LogP contribution in [-0.2, 0) is 0 Å². The summed E-state index contributed by atoms with van der Waals surface area (Å²) in [5.41, 5.74) is 3.72. The van der Waals surface area contributed by atoms with Gasteiger partial charge in [-0.25, -0.2) is 0 Å². The van der Waals surface area contributed by atoms with Crippen LogP contribution in [0.15, 0.2) is 23.3 Å². The maximum atomic E-state index is 2.60. The van der Waals surface area contributed by atoms with Crippen molar-refractivity contribution in [3.05, 3.63) is 23.3 Å². The van der Waals surface area contributed by atoms with E-state index in [4.69, 9.17) is 0 Å². The summed E-state index contributed by atoms with van der Waals surface area (Å²) < 4.78 is 0. The van der Waals surface area contributed by atoms with Gasteiger partial charge in [-0.2, -0.15) is 0 Å². The van der Waals surface area contributed by atoms with Gasteiger partial charge in [0.2, 0.25) is 0 Å². The predicted octanol–water partition coefficient (Wildman–Crippen LogP) is 4.97. The van der Waals surface area contributed by atoms with Crippen LogP contribution in [0.2, 0.25) is 0 Å². The molecule has 0 aliphatic heterocycles. The minimum atomic E-state index is 0.335. The van der Waals surface area contributed by atoms with Gasteiger partial charge in [0.05, 0.1) is 0 Å². The summed E-state index contributed by atoms with van der Waals surface area (Å²) in [7, 11) is 0. The third kappa shape index (κ3) is 1.72. The average Bonchev–Trinajstić information content (AvgIpc) is 2.80. The zero-order valence-corrected chi connectivity index (χ0v) is 11.8. The highest BCUT2D eigenvalue weighted by atomic mass is 14.5. The minimum Gasteiger partial charge on any atom is -0.0733 e. The van der Waals surface area contributed by atoms with Crippen molar-refractivity contribution < 1.29 is 0 Å². The van der Waals surface area contributed by atoms with Gasteiger partial charge in [-0.3, -0.25) is 0 Å². The molecule has 2 fully saturated rings. The Morgan fingerprint density at radius 3 is 2.53 bits per heavy atom. The lowest BCUT2D eigenvalue weighted by Crippen LogP contribution is -2.19. The number of rotatable bonds is 0. The van der Waals surface area contributed by atoms with Gasteiger partial charge in [-0.05, 0) is 41.6 Å². The topological polar surface area (TPSA) is 0 Å². The summed E-state index contributed by atoms with van der Waals surface area (Å²) in [5, 5.41) is 0. The molecule has 4 atom stereocenters. The Balaban J connectivity index is 1.92. The van der Waals surface area contributed by atoms with Crippen LogP contribution in [-0.4, -0.2) is 0 Å². The molecule has 3 aliphatic carbocycles. The number of fused-ring (bicyclic) bond motifs is 3. The largest absolute Gasteiger partial charge is 0.0733 e.